The van der Waals surface area contributed by atoms with Crippen molar-refractivity contribution in [2.75, 3.05) is 0 Å². The fraction of sp³-hybridized carbons (Fsp3) is 0.304. The predicted octanol–water partition coefficient (Wildman–Crippen LogP) is 4.57. The Morgan fingerprint density at radius 3 is 1.45 bits per heavy atom. The summed E-state index contributed by atoms with van der Waals surface area (Å²) in [7, 11) is 0. The molecule has 0 unspecified atom stereocenters. The maximum atomic E-state index is 11.0. The van der Waals surface area contributed by atoms with E-state index in [1.165, 1.54) is 25.0 Å². The number of benzene rings is 2. The van der Waals surface area contributed by atoms with Gasteiger partial charge in [0.05, 0.1) is 11.4 Å². The summed E-state index contributed by atoms with van der Waals surface area (Å²) in [4.78, 5) is 31.6. The first kappa shape index (κ1) is 20.5. The lowest BCUT2D eigenvalue weighted by Crippen LogP contribution is -2.16. The third-order valence-electron chi connectivity index (χ3n) is 5.13. The average molecular weight is 392 g/mol. The van der Waals surface area contributed by atoms with Crippen LogP contribution in [-0.4, -0.2) is 23.4 Å². The standard InChI is InChI=1S/C23H24N2O4/c1-13(24-28-15(3)26)17-7-9-19-20-10-8-18(14(2)25-29-16(4)27)12-22(20)23(5,6)21(19)11-17/h7-12H,1-6H3/b24-13+,25-14+. The molecule has 2 aromatic rings. The lowest BCUT2D eigenvalue weighted by atomic mass is 9.81. The molecular formula is C23H24N2O4. The summed E-state index contributed by atoms with van der Waals surface area (Å²) in [5, 5.41) is 7.80. The molecule has 0 amide bonds. The summed E-state index contributed by atoms with van der Waals surface area (Å²) in [6.45, 7) is 10.6. The molecule has 0 saturated heterocycles. The largest absolute Gasteiger partial charge is 0.331 e. The zero-order valence-corrected chi connectivity index (χ0v) is 17.5. The van der Waals surface area contributed by atoms with Crippen molar-refractivity contribution in [2.45, 2.75) is 47.0 Å². The van der Waals surface area contributed by atoms with Crippen LogP contribution in [0.5, 0.6) is 0 Å². The first-order chi connectivity index (χ1) is 13.6. The van der Waals surface area contributed by atoms with E-state index >= 15 is 0 Å². The van der Waals surface area contributed by atoms with E-state index in [9.17, 15) is 9.59 Å². The summed E-state index contributed by atoms with van der Waals surface area (Å²) in [6, 6.07) is 12.3. The van der Waals surface area contributed by atoms with Gasteiger partial charge in [-0.1, -0.05) is 48.4 Å². The second-order valence-electron chi connectivity index (χ2n) is 7.66. The number of oxime groups is 2. The Morgan fingerprint density at radius 2 is 1.10 bits per heavy atom. The Balaban J connectivity index is 2.02. The van der Waals surface area contributed by atoms with E-state index in [4.69, 9.17) is 9.68 Å². The Hall–Kier alpha value is -3.28. The number of rotatable bonds is 4. The van der Waals surface area contributed by atoms with Crippen LogP contribution in [0.4, 0.5) is 0 Å². The maximum Gasteiger partial charge on any atom is 0.331 e. The van der Waals surface area contributed by atoms with Crippen LogP contribution >= 0.6 is 0 Å². The molecule has 150 valence electrons. The lowest BCUT2D eigenvalue weighted by molar-refractivity contribution is -0.141. The first-order valence-electron chi connectivity index (χ1n) is 9.35. The fourth-order valence-electron chi connectivity index (χ4n) is 3.56. The van der Waals surface area contributed by atoms with Crippen molar-refractivity contribution in [1.82, 2.24) is 0 Å². The quantitative estimate of drug-likeness (QED) is 0.434. The molecule has 0 heterocycles. The third kappa shape index (κ3) is 3.97. The van der Waals surface area contributed by atoms with Gasteiger partial charge in [-0.3, -0.25) is 0 Å². The minimum atomic E-state index is -0.448. The summed E-state index contributed by atoms with van der Waals surface area (Å²) in [6.07, 6.45) is 0. The summed E-state index contributed by atoms with van der Waals surface area (Å²) >= 11 is 0. The molecule has 2 aromatic carbocycles. The molecule has 0 fully saturated rings. The van der Waals surface area contributed by atoms with Crippen LogP contribution in [0.15, 0.2) is 46.7 Å². The van der Waals surface area contributed by atoms with Gasteiger partial charge in [0.1, 0.15) is 0 Å². The molecule has 0 saturated carbocycles. The zero-order chi connectivity index (χ0) is 21.3. The second-order valence-corrected chi connectivity index (χ2v) is 7.66. The van der Waals surface area contributed by atoms with E-state index < -0.39 is 11.9 Å². The fourth-order valence-corrected chi connectivity index (χ4v) is 3.56. The van der Waals surface area contributed by atoms with E-state index in [0.717, 1.165) is 22.3 Å². The molecule has 6 heteroatoms. The van der Waals surface area contributed by atoms with Crippen LogP contribution < -0.4 is 0 Å². The Morgan fingerprint density at radius 1 is 0.724 bits per heavy atom. The van der Waals surface area contributed by atoms with E-state index in [1.54, 1.807) is 0 Å². The topological polar surface area (TPSA) is 77.3 Å². The number of fused-ring (bicyclic) bond motifs is 3. The number of carbonyl (C=O) groups excluding carboxylic acids is 2. The van der Waals surface area contributed by atoms with Crippen LogP contribution in [0.2, 0.25) is 0 Å². The van der Waals surface area contributed by atoms with Gasteiger partial charge >= 0.3 is 11.9 Å². The van der Waals surface area contributed by atoms with Gasteiger partial charge in [0.2, 0.25) is 0 Å². The summed E-state index contributed by atoms with van der Waals surface area (Å²) < 4.78 is 0. The first-order valence-corrected chi connectivity index (χ1v) is 9.35. The van der Waals surface area contributed by atoms with Crippen LogP contribution in [-0.2, 0) is 24.7 Å². The van der Waals surface area contributed by atoms with Gasteiger partial charge in [-0.25, -0.2) is 9.59 Å². The minimum absolute atomic E-state index is 0.236. The van der Waals surface area contributed by atoms with Crippen LogP contribution in [0, 0.1) is 0 Å². The minimum Gasteiger partial charge on any atom is -0.318 e. The van der Waals surface area contributed by atoms with E-state index in [1.807, 2.05) is 26.0 Å². The average Bonchev–Trinajstić information content (AvgIpc) is 2.90. The molecule has 0 atom stereocenters. The molecular weight excluding hydrogens is 368 g/mol. The Bertz CT molecular complexity index is 981. The molecule has 0 bridgehead atoms. The Labute approximate surface area is 170 Å². The smallest absolute Gasteiger partial charge is 0.318 e. The van der Waals surface area contributed by atoms with E-state index in [-0.39, 0.29) is 5.41 Å². The van der Waals surface area contributed by atoms with Crippen molar-refractivity contribution in [3.63, 3.8) is 0 Å². The molecule has 1 aliphatic carbocycles. The van der Waals surface area contributed by atoms with Crippen LogP contribution in [0.25, 0.3) is 11.1 Å². The SMILES string of the molecule is CC(=O)O/N=C(\C)c1ccc2c(c1)C(C)(C)c1cc(/C(C)=N/OC(C)=O)ccc1-2. The number of carbonyl (C=O) groups is 2. The number of hydrogen-bond acceptors (Lipinski definition) is 6. The highest BCUT2D eigenvalue weighted by molar-refractivity contribution is 6.01. The highest BCUT2D eigenvalue weighted by Crippen LogP contribution is 2.49. The third-order valence-corrected chi connectivity index (χ3v) is 5.13. The molecule has 1 aliphatic rings. The van der Waals surface area contributed by atoms with E-state index in [2.05, 4.69) is 48.4 Å². The molecule has 0 N–H and O–H groups in total. The molecule has 0 aliphatic heterocycles. The normalized spacial score (nSPS) is 14.8. The highest BCUT2D eigenvalue weighted by atomic mass is 16.7. The molecule has 6 nitrogen and oxygen atoms in total. The highest BCUT2D eigenvalue weighted by Gasteiger charge is 2.36. The molecule has 3 rings (SSSR count). The maximum absolute atomic E-state index is 11.0. The molecule has 0 spiro atoms. The molecule has 0 aromatic heterocycles. The zero-order valence-electron chi connectivity index (χ0n) is 17.5. The van der Waals surface area contributed by atoms with Crippen molar-refractivity contribution < 1.29 is 19.3 Å². The lowest BCUT2D eigenvalue weighted by Gasteiger charge is -2.22. The predicted molar refractivity (Wildman–Crippen MR) is 112 cm³/mol. The van der Waals surface area contributed by atoms with Crippen molar-refractivity contribution >= 4 is 23.4 Å². The van der Waals surface area contributed by atoms with Gasteiger partial charge in [0, 0.05) is 19.3 Å². The monoisotopic (exact) mass is 392 g/mol. The molecule has 0 radical (unpaired) electrons. The van der Waals surface area contributed by atoms with Crippen LogP contribution in [0.3, 0.4) is 0 Å². The van der Waals surface area contributed by atoms with Gasteiger partial charge in [-0.2, -0.15) is 0 Å². The van der Waals surface area contributed by atoms with Crippen molar-refractivity contribution in [2.24, 2.45) is 10.3 Å². The molecule has 29 heavy (non-hydrogen) atoms. The van der Waals surface area contributed by atoms with Crippen molar-refractivity contribution in [3.05, 3.63) is 58.7 Å². The number of nitrogens with zero attached hydrogens (tertiary/aromatic N) is 2. The number of hydrogen-bond donors (Lipinski definition) is 0. The van der Waals surface area contributed by atoms with Crippen LogP contribution in [0.1, 0.15) is 63.8 Å². The van der Waals surface area contributed by atoms with Crippen molar-refractivity contribution in [3.8, 4) is 11.1 Å². The Kier molecular flexibility index (Phi) is 5.38. The summed E-state index contributed by atoms with van der Waals surface area (Å²) in [5.41, 5.74) is 7.52. The van der Waals surface area contributed by atoms with Gasteiger partial charge in [0.25, 0.3) is 0 Å². The van der Waals surface area contributed by atoms with Gasteiger partial charge in [-0.05, 0) is 59.4 Å². The van der Waals surface area contributed by atoms with E-state index in [0.29, 0.717) is 11.4 Å². The summed E-state index contributed by atoms with van der Waals surface area (Å²) in [5.74, 6) is -0.895. The second kappa shape index (κ2) is 7.62. The van der Waals surface area contributed by atoms with Gasteiger partial charge < -0.3 is 9.68 Å². The van der Waals surface area contributed by atoms with Crippen molar-refractivity contribution in [1.29, 1.82) is 0 Å². The van der Waals surface area contributed by atoms with Gasteiger partial charge in [0.15, 0.2) is 0 Å². The van der Waals surface area contributed by atoms with Gasteiger partial charge in [-0.15, -0.1) is 0 Å².